The second kappa shape index (κ2) is 9.13. The highest BCUT2D eigenvalue weighted by atomic mass is 16.6. The van der Waals surface area contributed by atoms with E-state index in [1.54, 1.807) is 23.1 Å². The highest BCUT2D eigenvalue weighted by Crippen LogP contribution is 2.24. The minimum absolute atomic E-state index is 0.0452. The highest BCUT2D eigenvalue weighted by Gasteiger charge is 2.23. The fourth-order valence-corrected chi connectivity index (χ4v) is 3.55. The molecule has 3 amide bonds. The van der Waals surface area contributed by atoms with E-state index in [1.807, 2.05) is 42.5 Å². The first kappa shape index (κ1) is 19.5. The fraction of sp³-hybridized carbons (Fsp3) is 0.167. The van der Waals surface area contributed by atoms with Crippen LogP contribution in [-0.2, 0) is 4.74 Å². The molecule has 0 unspecified atom stereocenters. The maximum Gasteiger partial charge on any atom is 0.414 e. The van der Waals surface area contributed by atoms with Crippen LogP contribution >= 0.6 is 0 Å². The van der Waals surface area contributed by atoms with E-state index in [0.717, 1.165) is 11.1 Å². The monoisotopic (exact) mass is 401 g/mol. The van der Waals surface area contributed by atoms with E-state index in [1.165, 1.54) is 0 Å². The van der Waals surface area contributed by atoms with E-state index in [2.05, 4.69) is 34.9 Å². The van der Waals surface area contributed by atoms with Crippen LogP contribution in [0.4, 0.5) is 21.0 Å². The standard InChI is InChI=1S/C24H23N3O3/c28-23(26-20-12-7-13-21(16-20)27-14-15-30-24(27)29)25-17-22(18-8-3-1-4-9-18)19-10-5-2-6-11-19/h1-13,16,22H,14-15,17H2,(H2,25,26,28). The normalized spacial score (nSPS) is 13.2. The van der Waals surface area contributed by atoms with Crippen LogP contribution in [-0.4, -0.2) is 31.8 Å². The smallest absolute Gasteiger partial charge is 0.414 e. The topological polar surface area (TPSA) is 70.7 Å². The van der Waals surface area contributed by atoms with Gasteiger partial charge >= 0.3 is 12.1 Å². The van der Waals surface area contributed by atoms with Crippen LogP contribution in [0.15, 0.2) is 84.9 Å². The van der Waals surface area contributed by atoms with Gasteiger partial charge in [-0.15, -0.1) is 0 Å². The van der Waals surface area contributed by atoms with Crippen molar-refractivity contribution in [3.63, 3.8) is 0 Å². The Kier molecular flexibility index (Phi) is 5.94. The average Bonchev–Trinajstić information content (AvgIpc) is 3.21. The molecular formula is C24H23N3O3. The molecule has 0 saturated carbocycles. The number of ether oxygens (including phenoxy) is 1. The van der Waals surface area contributed by atoms with E-state index in [9.17, 15) is 9.59 Å². The van der Waals surface area contributed by atoms with Crippen molar-refractivity contribution in [2.45, 2.75) is 5.92 Å². The van der Waals surface area contributed by atoms with E-state index in [4.69, 9.17) is 4.74 Å². The van der Waals surface area contributed by atoms with Crippen LogP contribution in [0.25, 0.3) is 0 Å². The second-order valence-corrected chi connectivity index (χ2v) is 7.03. The van der Waals surface area contributed by atoms with Gasteiger partial charge in [-0.1, -0.05) is 66.7 Å². The number of hydrogen-bond donors (Lipinski definition) is 2. The van der Waals surface area contributed by atoms with Crippen molar-refractivity contribution in [2.75, 3.05) is 29.9 Å². The lowest BCUT2D eigenvalue weighted by Crippen LogP contribution is -2.32. The molecule has 0 bridgehead atoms. The van der Waals surface area contributed by atoms with Gasteiger partial charge in [0.05, 0.1) is 6.54 Å². The highest BCUT2D eigenvalue weighted by molar-refractivity contribution is 5.93. The average molecular weight is 401 g/mol. The van der Waals surface area contributed by atoms with E-state index in [0.29, 0.717) is 31.1 Å². The van der Waals surface area contributed by atoms with Crippen molar-refractivity contribution in [1.29, 1.82) is 0 Å². The Labute approximate surface area is 175 Å². The molecule has 152 valence electrons. The number of amides is 3. The van der Waals surface area contributed by atoms with E-state index >= 15 is 0 Å². The Morgan fingerprint density at radius 3 is 2.20 bits per heavy atom. The number of carbonyl (C=O) groups is 2. The van der Waals surface area contributed by atoms with Crippen LogP contribution in [0.3, 0.4) is 0 Å². The zero-order valence-electron chi connectivity index (χ0n) is 16.5. The lowest BCUT2D eigenvalue weighted by Gasteiger charge is -2.19. The van der Waals surface area contributed by atoms with Crippen LogP contribution in [0, 0.1) is 0 Å². The van der Waals surface area contributed by atoms with Crippen molar-refractivity contribution >= 4 is 23.5 Å². The number of anilines is 2. The number of benzene rings is 3. The Morgan fingerprint density at radius 1 is 0.933 bits per heavy atom. The molecule has 4 rings (SSSR count). The summed E-state index contributed by atoms with van der Waals surface area (Å²) in [5.74, 6) is 0.0452. The van der Waals surface area contributed by atoms with Gasteiger partial charge in [-0.3, -0.25) is 4.90 Å². The van der Waals surface area contributed by atoms with Crippen molar-refractivity contribution in [1.82, 2.24) is 5.32 Å². The largest absolute Gasteiger partial charge is 0.447 e. The van der Waals surface area contributed by atoms with Gasteiger partial charge in [-0.05, 0) is 29.3 Å². The molecule has 3 aromatic carbocycles. The quantitative estimate of drug-likeness (QED) is 0.634. The van der Waals surface area contributed by atoms with E-state index in [-0.39, 0.29) is 18.0 Å². The Morgan fingerprint density at radius 2 is 1.60 bits per heavy atom. The van der Waals surface area contributed by atoms with E-state index < -0.39 is 0 Å². The first-order valence-corrected chi connectivity index (χ1v) is 9.90. The summed E-state index contributed by atoms with van der Waals surface area (Å²) < 4.78 is 4.98. The SMILES string of the molecule is O=C(NCC(c1ccccc1)c1ccccc1)Nc1cccc(N2CCOC2=O)c1. The zero-order chi connectivity index (χ0) is 20.8. The lowest BCUT2D eigenvalue weighted by molar-refractivity contribution is 0.181. The molecule has 30 heavy (non-hydrogen) atoms. The zero-order valence-corrected chi connectivity index (χ0v) is 16.5. The third-order valence-corrected chi connectivity index (χ3v) is 5.05. The Hall–Kier alpha value is -3.80. The molecule has 0 aromatic heterocycles. The van der Waals surface area contributed by atoms with Crippen LogP contribution in [0.1, 0.15) is 17.0 Å². The molecule has 1 aliphatic heterocycles. The maximum atomic E-state index is 12.5. The van der Waals surface area contributed by atoms with Crippen molar-refractivity contribution in [2.24, 2.45) is 0 Å². The molecule has 6 nitrogen and oxygen atoms in total. The number of rotatable bonds is 6. The number of hydrogen-bond acceptors (Lipinski definition) is 3. The summed E-state index contributed by atoms with van der Waals surface area (Å²) in [4.78, 5) is 25.9. The molecule has 0 spiro atoms. The summed E-state index contributed by atoms with van der Waals surface area (Å²) in [5, 5.41) is 5.82. The second-order valence-electron chi connectivity index (χ2n) is 7.03. The summed E-state index contributed by atoms with van der Waals surface area (Å²) in [6.45, 7) is 1.33. The van der Waals surface area contributed by atoms with Crippen LogP contribution in [0.5, 0.6) is 0 Å². The van der Waals surface area contributed by atoms with Gasteiger partial charge in [0.25, 0.3) is 0 Å². The van der Waals surface area contributed by atoms with Crippen molar-refractivity contribution < 1.29 is 14.3 Å². The van der Waals surface area contributed by atoms with Gasteiger partial charge in [-0.2, -0.15) is 0 Å². The van der Waals surface area contributed by atoms with Crippen molar-refractivity contribution in [3.05, 3.63) is 96.1 Å². The third kappa shape index (κ3) is 4.60. The number of nitrogens with one attached hydrogen (secondary N) is 2. The summed E-state index contributed by atoms with van der Waals surface area (Å²) >= 11 is 0. The number of urea groups is 1. The minimum atomic E-state index is -0.370. The molecule has 0 atom stereocenters. The van der Waals surface area contributed by atoms with Crippen molar-refractivity contribution in [3.8, 4) is 0 Å². The molecule has 3 aromatic rings. The Balaban J connectivity index is 1.42. The predicted octanol–water partition coefficient (Wildman–Crippen LogP) is 4.60. The summed E-state index contributed by atoms with van der Waals surface area (Å²) in [5.41, 5.74) is 3.58. The molecular weight excluding hydrogens is 378 g/mol. The molecule has 0 radical (unpaired) electrons. The first-order chi connectivity index (χ1) is 14.7. The summed E-state index contributed by atoms with van der Waals surface area (Å²) in [6.07, 6.45) is -0.370. The first-order valence-electron chi connectivity index (χ1n) is 9.90. The van der Waals surface area contributed by atoms with Gasteiger partial charge in [0.2, 0.25) is 0 Å². The third-order valence-electron chi connectivity index (χ3n) is 5.05. The molecule has 1 saturated heterocycles. The Bertz CT molecular complexity index is 969. The van der Waals surface area contributed by atoms with Gasteiger partial charge in [0.15, 0.2) is 0 Å². The number of carbonyl (C=O) groups excluding carboxylic acids is 2. The molecule has 0 aliphatic carbocycles. The number of cyclic esters (lactones) is 1. The molecule has 1 fully saturated rings. The lowest BCUT2D eigenvalue weighted by atomic mass is 9.91. The molecule has 6 heteroatoms. The fourth-order valence-electron chi connectivity index (χ4n) is 3.55. The van der Waals surface area contributed by atoms with Crippen LogP contribution in [0.2, 0.25) is 0 Å². The van der Waals surface area contributed by atoms with Gasteiger partial charge in [-0.25, -0.2) is 9.59 Å². The van der Waals surface area contributed by atoms with Gasteiger partial charge < -0.3 is 15.4 Å². The van der Waals surface area contributed by atoms with Gasteiger partial charge in [0.1, 0.15) is 6.61 Å². The predicted molar refractivity (Wildman–Crippen MR) is 117 cm³/mol. The summed E-state index contributed by atoms with van der Waals surface area (Å²) in [7, 11) is 0. The molecule has 2 N–H and O–H groups in total. The van der Waals surface area contributed by atoms with Gasteiger partial charge in [0, 0.05) is 23.8 Å². The number of nitrogens with zero attached hydrogens (tertiary/aromatic N) is 1. The molecule has 1 aliphatic rings. The maximum absolute atomic E-state index is 12.5. The molecule has 1 heterocycles. The minimum Gasteiger partial charge on any atom is -0.447 e. The van der Waals surface area contributed by atoms with Crippen LogP contribution < -0.4 is 15.5 Å². The summed E-state index contributed by atoms with van der Waals surface area (Å²) in [6, 6.07) is 27.1.